The van der Waals surface area contributed by atoms with Crippen LogP contribution in [-0.2, 0) is 6.67 Å². The second-order valence-corrected chi connectivity index (χ2v) is 6.80. The second-order valence-electron chi connectivity index (χ2n) is 6.43. The number of hydrogen-bond donors (Lipinski definition) is 0. The Kier molecular flexibility index (Phi) is 4.65. The van der Waals surface area contributed by atoms with Gasteiger partial charge in [0.1, 0.15) is 11.5 Å². The average molecular weight is 370 g/mol. The summed E-state index contributed by atoms with van der Waals surface area (Å²) in [5, 5.41) is 4.66. The lowest BCUT2D eigenvalue weighted by Gasteiger charge is -2.26. The van der Waals surface area contributed by atoms with E-state index in [0.717, 1.165) is 36.5 Å². The molecule has 1 aliphatic rings. The summed E-state index contributed by atoms with van der Waals surface area (Å²) in [6, 6.07) is 12.2. The number of benzene rings is 1. The van der Waals surface area contributed by atoms with E-state index < -0.39 is 0 Å². The van der Waals surface area contributed by atoms with Gasteiger partial charge in [-0.2, -0.15) is 5.10 Å². The number of aromatic nitrogens is 3. The molecule has 4 rings (SSSR count). The van der Waals surface area contributed by atoms with Crippen molar-refractivity contribution in [2.75, 3.05) is 20.8 Å². The van der Waals surface area contributed by atoms with Gasteiger partial charge in [-0.15, -0.1) is 0 Å². The molecule has 2 aromatic heterocycles. The molecule has 1 aliphatic heterocycles. The summed E-state index contributed by atoms with van der Waals surface area (Å²) in [5.41, 5.74) is 2.05. The summed E-state index contributed by atoms with van der Waals surface area (Å²) >= 11 is 5.59. The lowest BCUT2D eigenvalue weighted by Crippen LogP contribution is -2.27. The highest BCUT2D eigenvalue weighted by atomic mass is 32.1. The third-order valence-corrected chi connectivity index (χ3v) is 5.37. The average Bonchev–Trinajstić information content (AvgIpc) is 3.26. The lowest BCUT2D eigenvalue weighted by molar-refractivity contribution is 0.187. The van der Waals surface area contributed by atoms with E-state index in [1.54, 1.807) is 14.2 Å². The van der Waals surface area contributed by atoms with E-state index in [4.69, 9.17) is 21.7 Å². The van der Waals surface area contributed by atoms with Crippen LogP contribution >= 0.6 is 12.2 Å². The molecule has 1 atom stereocenters. The molecule has 136 valence electrons. The van der Waals surface area contributed by atoms with Gasteiger partial charge >= 0.3 is 0 Å². The van der Waals surface area contributed by atoms with Gasteiger partial charge in [-0.05, 0) is 43.3 Å². The maximum atomic E-state index is 5.62. The summed E-state index contributed by atoms with van der Waals surface area (Å²) < 4.78 is 15.5. The summed E-state index contributed by atoms with van der Waals surface area (Å²) in [7, 11) is 3.37. The Morgan fingerprint density at radius 2 is 2.08 bits per heavy atom. The first-order valence-corrected chi connectivity index (χ1v) is 9.12. The molecule has 0 bridgehead atoms. The number of pyridine rings is 1. The van der Waals surface area contributed by atoms with Crippen LogP contribution in [0.2, 0.25) is 0 Å². The predicted octanol–water partition coefficient (Wildman–Crippen LogP) is 3.68. The van der Waals surface area contributed by atoms with Crippen molar-refractivity contribution in [3.8, 4) is 11.5 Å². The minimum Gasteiger partial charge on any atom is -0.497 e. The van der Waals surface area contributed by atoms with Crippen molar-refractivity contribution < 1.29 is 9.47 Å². The number of rotatable bonds is 5. The van der Waals surface area contributed by atoms with E-state index in [0.29, 0.717) is 11.4 Å². The van der Waals surface area contributed by atoms with Gasteiger partial charge < -0.3 is 9.47 Å². The molecule has 0 unspecified atom stereocenters. The molecule has 6 nitrogen and oxygen atoms in total. The van der Waals surface area contributed by atoms with Gasteiger partial charge in [0.15, 0.2) is 5.65 Å². The molecule has 0 spiro atoms. The van der Waals surface area contributed by atoms with Gasteiger partial charge in [0.25, 0.3) is 0 Å². The molecular formula is C19H22N4O2S. The number of fused-ring (bicyclic) bond motifs is 1. The zero-order chi connectivity index (χ0) is 18.1. The van der Waals surface area contributed by atoms with Crippen molar-refractivity contribution in [1.82, 2.24) is 19.1 Å². The maximum Gasteiger partial charge on any atom is 0.203 e. The van der Waals surface area contributed by atoms with Crippen molar-refractivity contribution in [3.05, 3.63) is 52.9 Å². The van der Waals surface area contributed by atoms with E-state index in [9.17, 15) is 0 Å². The van der Waals surface area contributed by atoms with Crippen molar-refractivity contribution in [2.45, 2.75) is 25.6 Å². The first-order chi connectivity index (χ1) is 12.7. The number of ether oxygens (including phenoxy) is 2. The van der Waals surface area contributed by atoms with Crippen LogP contribution in [0.25, 0.3) is 5.65 Å². The Morgan fingerprint density at radius 3 is 2.85 bits per heavy atom. The number of likely N-dealkylation sites (tertiary alicyclic amines) is 1. The van der Waals surface area contributed by atoms with Crippen LogP contribution in [0, 0.1) is 4.77 Å². The predicted molar refractivity (Wildman–Crippen MR) is 102 cm³/mol. The van der Waals surface area contributed by atoms with Gasteiger partial charge in [0.05, 0.1) is 20.9 Å². The third kappa shape index (κ3) is 2.97. The van der Waals surface area contributed by atoms with Crippen LogP contribution in [0.15, 0.2) is 42.6 Å². The Hall–Kier alpha value is -2.38. The quantitative estimate of drug-likeness (QED) is 0.641. The van der Waals surface area contributed by atoms with Crippen molar-refractivity contribution in [1.29, 1.82) is 0 Å². The monoisotopic (exact) mass is 370 g/mol. The highest BCUT2D eigenvalue weighted by molar-refractivity contribution is 7.71. The zero-order valence-electron chi connectivity index (χ0n) is 15.0. The summed E-state index contributed by atoms with van der Waals surface area (Å²) in [6.45, 7) is 1.68. The highest BCUT2D eigenvalue weighted by Crippen LogP contribution is 2.38. The molecule has 3 heterocycles. The number of nitrogens with zero attached hydrogens (tertiary/aromatic N) is 4. The fourth-order valence-electron chi connectivity index (χ4n) is 3.67. The van der Waals surface area contributed by atoms with E-state index >= 15 is 0 Å². The van der Waals surface area contributed by atoms with Crippen LogP contribution in [0.5, 0.6) is 11.5 Å². The zero-order valence-corrected chi connectivity index (χ0v) is 15.8. The van der Waals surface area contributed by atoms with Gasteiger partial charge in [0, 0.05) is 30.4 Å². The first kappa shape index (κ1) is 17.1. The Bertz CT molecular complexity index is 981. The minimum absolute atomic E-state index is 0.280. The Labute approximate surface area is 157 Å². The van der Waals surface area contributed by atoms with Crippen LogP contribution in [0.4, 0.5) is 0 Å². The van der Waals surface area contributed by atoms with E-state index in [2.05, 4.69) is 16.1 Å². The minimum atomic E-state index is 0.280. The molecule has 3 aromatic rings. The summed E-state index contributed by atoms with van der Waals surface area (Å²) in [6.07, 6.45) is 4.18. The van der Waals surface area contributed by atoms with Gasteiger partial charge in [0.2, 0.25) is 4.77 Å². The van der Waals surface area contributed by atoms with Crippen LogP contribution < -0.4 is 9.47 Å². The van der Waals surface area contributed by atoms with E-state index in [-0.39, 0.29) is 6.04 Å². The summed E-state index contributed by atoms with van der Waals surface area (Å²) in [4.78, 5) is 2.41. The van der Waals surface area contributed by atoms with Gasteiger partial charge in [-0.25, -0.2) is 4.68 Å². The third-order valence-electron chi connectivity index (χ3n) is 4.97. The van der Waals surface area contributed by atoms with Crippen molar-refractivity contribution in [2.24, 2.45) is 0 Å². The largest absolute Gasteiger partial charge is 0.497 e. The molecule has 0 aliphatic carbocycles. The molecule has 0 amide bonds. The molecule has 0 saturated carbocycles. The standard InChI is InChI=1S/C19H22N4O2S/c1-24-14-8-9-15(17(12-14)25-2)16-6-5-10-21(16)13-23-19(26)22-11-4-3-7-18(22)20-23/h3-4,7-9,11-12,16H,5-6,10,13H2,1-2H3/t16-/m0/s1. The fourth-order valence-corrected chi connectivity index (χ4v) is 3.93. The van der Waals surface area contributed by atoms with Crippen molar-refractivity contribution in [3.63, 3.8) is 0 Å². The fraction of sp³-hybridized carbons (Fsp3) is 0.368. The molecule has 7 heteroatoms. The topological polar surface area (TPSA) is 43.9 Å². The highest BCUT2D eigenvalue weighted by Gasteiger charge is 2.29. The van der Waals surface area contributed by atoms with E-state index in [1.807, 2.05) is 45.6 Å². The lowest BCUT2D eigenvalue weighted by atomic mass is 10.0. The Balaban J connectivity index is 1.64. The SMILES string of the molecule is COc1ccc([C@@H]2CCCN2Cn2nc3ccccn3c2=S)c(OC)c1. The van der Waals surface area contributed by atoms with Gasteiger partial charge in [-0.1, -0.05) is 12.1 Å². The first-order valence-electron chi connectivity index (χ1n) is 8.71. The number of methoxy groups -OCH3 is 2. The molecule has 26 heavy (non-hydrogen) atoms. The van der Waals surface area contributed by atoms with Crippen molar-refractivity contribution >= 4 is 17.9 Å². The molecule has 0 N–H and O–H groups in total. The Morgan fingerprint density at radius 1 is 1.19 bits per heavy atom. The van der Waals surface area contributed by atoms with Crippen LogP contribution in [0.1, 0.15) is 24.4 Å². The second kappa shape index (κ2) is 7.09. The normalized spacial score (nSPS) is 17.7. The van der Waals surface area contributed by atoms with Gasteiger partial charge in [-0.3, -0.25) is 9.30 Å². The maximum absolute atomic E-state index is 5.62. The van der Waals surface area contributed by atoms with Crippen LogP contribution in [-0.4, -0.2) is 39.8 Å². The molecular weight excluding hydrogens is 348 g/mol. The smallest absolute Gasteiger partial charge is 0.203 e. The number of hydrogen-bond acceptors (Lipinski definition) is 5. The van der Waals surface area contributed by atoms with E-state index in [1.165, 1.54) is 5.56 Å². The molecule has 0 radical (unpaired) electrons. The molecule has 1 fully saturated rings. The molecule has 1 aromatic carbocycles. The van der Waals surface area contributed by atoms with Crippen LogP contribution in [0.3, 0.4) is 0 Å². The summed E-state index contributed by atoms with van der Waals surface area (Å²) in [5.74, 6) is 1.66. The molecule has 1 saturated heterocycles.